The third kappa shape index (κ3) is 7.81. The number of nitrogens with one attached hydrogen (secondary N) is 2. The number of halogens is 1. The Bertz CT molecular complexity index is 1220. The first-order valence-electron chi connectivity index (χ1n) is 11.1. The number of carbonyl (C=O) groups is 1. The number of hydrogen-bond acceptors (Lipinski definition) is 10. The van der Waals surface area contributed by atoms with E-state index in [2.05, 4.69) is 5.09 Å². The Balaban J connectivity index is 2.34. The molecule has 0 saturated heterocycles. The summed E-state index contributed by atoms with van der Waals surface area (Å²) in [6.45, 7) is 4.11. The second-order valence-corrected chi connectivity index (χ2v) is 10.2. The minimum absolute atomic E-state index is 0.0389. The van der Waals surface area contributed by atoms with Crippen molar-refractivity contribution in [1.29, 1.82) is 0 Å². The van der Waals surface area contributed by atoms with E-state index in [1.807, 2.05) is 4.98 Å². The number of carbonyl (C=O) groups excluding carboxylic acids is 1. The number of para-hydroxylation sites is 1. The van der Waals surface area contributed by atoms with Crippen LogP contribution in [-0.4, -0.2) is 63.6 Å². The Morgan fingerprint density at radius 2 is 1.84 bits per heavy atom. The fourth-order valence-electron chi connectivity index (χ4n) is 3.07. The lowest BCUT2D eigenvalue weighted by Crippen LogP contribution is -2.59. The van der Waals surface area contributed by atoms with Crippen LogP contribution < -0.4 is 20.9 Å². The van der Waals surface area contributed by atoms with Gasteiger partial charge in [0, 0.05) is 19.4 Å². The van der Waals surface area contributed by atoms with Gasteiger partial charge >= 0.3 is 19.4 Å². The van der Waals surface area contributed by atoms with E-state index in [1.165, 1.54) is 19.1 Å². The Morgan fingerprint density at radius 3 is 2.38 bits per heavy atom. The normalized spacial score (nSPS) is 18.2. The summed E-state index contributed by atoms with van der Waals surface area (Å²) in [5.74, 6) is -4.04. The molecule has 0 spiro atoms. The fourth-order valence-corrected chi connectivity index (χ4v) is 4.58. The van der Waals surface area contributed by atoms with Crippen molar-refractivity contribution in [1.82, 2.24) is 14.6 Å². The molecule has 4 N–H and O–H groups in total. The van der Waals surface area contributed by atoms with Crippen LogP contribution in [0.25, 0.3) is 0 Å². The Kier molecular flexibility index (Phi) is 9.94. The predicted molar refractivity (Wildman–Crippen MR) is 128 cm³/mol. The number of aromatic amines is 1. The van der Waals surface area contributed by atoms with Crippen molar-refractivity contribution in [2.45, 2.75) is 57.5 Å². The number of aliphatic hydroxyl groups excluding tert-OH is 1. The van der Waals surface area contributed by atoms with Crippen molar-refractivity contribution < 1.29 is 42.5 Å². The van der Waals surface area contributed by atoms with Crippen LogP contribution in [0.4, 0.5) is 4.39 Å². The highest BCUT2D eigenvalue weighted by Gasteiger charge is 2.52. The minimum atomic E-state index is -4.56. The van der Waals surface area contributed by atoms with Crippen LogP contribution in [0.5, 0.6) is 5.75 Å². The molecule has 2 rings (SSSR count). The lowest BCUT2D eigenvalue weighted by Gasteiger charge is -2.38. The minimum Gasteiger partial charge on any atom is -0.462 e. The van der Waals surface area contributed by atoms with Gasteiger partial charge in [-0.3, -0.25) is 23.7 Å². The molecule has 0 aliphatic heterocycles. The standard InChI is InChI=1S/C22H31FN3O10P/c1-14(2)35-18(28)15(3)25-37(32,36-16-9-7-6-8-10-16)34-13-22(23,33-5)19(29)21(4,31)26-12-11-17(27)24-20(26)30/h6-12,14-15,19,29,31H,13H2,1-5H3,(H,25,32)(H,24,27,30)/t15?,19-,21+,22+,37?/m0/s1. The summed E-state index contributed by atoms with van der Waals surface area (Å²) in [6, 6.07) is 7.27. The largest absolute Gasteiger partial charge is 0.462 e. The molecular weight excluding hydrogens is 516 g/mol. The molecule has 13 nitrogen and oxygen atoms in total. The van der Waals surface area contributed by atoms with Crippen LogP contribution in [0, 0.1) is 0 Å². The first-order valence-corrected chi connectivity index (χ1v) is 12.6. The summed E-state index contributed by atoms with van der Waals surface area (Å²) in [4.78, 5) is 37.6. The number of H-pyrrole nitrogens is 1. The van der Waals surface area contributed by atoms with Crippen LogP contribution in [-0.2, 0) is 29.1 Å². The van der Waals surface area contributed by atoms with Gasteiger partial charge in [0.1, 0.15) is 18.4 Å². The molecule has 15 heteroatoms. The van der Waals surface area contributed by atoms with E-state index in [1.54, 1.807) is 32.0 Å². The summed E-state index contributed by atoms with van der Waals surface area (Å²) in [6.07, 6.45) is -2.16. The second kappa shape index (κ2) is 12.1. The number of rotatable bonds is 13. The monoisotopic (exact) mass is 547 g/mol. The van der Waals surface area contributed by atoms with Gasteiger partial charge in [-0.2, -0.15) is 5.09 Å². The molecule has 1 aromatic carbocycles. The van der Waals surface area contributed by atoms with E-state index in [0.29, 0.717) is 4.57 Å². The molecule has 206 valence electrons. The molecule has 0 aliphatic rings. The van der Waals surface area contributed by atoms with Crippen molar-refractivity contribution in [2.24, 2.45) is 0 Å². The van der Waals surface area contributed by atoms with Gasteiger partial charge in [0.25, 0.3) is 11.4 Å². The van der Waals surface area contributed by atoms with Crippen molar-refractivity contribution in [3.8, 4) is 5.75 Å². The molecule has 0 amide bonds. The van der Waals surface area contributed by atoms with E-state index in [4.69, 9.17) is 18.5 Å². The van der Waals surface area contributed by atoms with Crippen molar-refractivity contribution >= 4 is 13.7 Å². The van der Waals surface area contributed by atoms with E-state index in [-0.39, 0.29) is 5.75 Å². The maximum Gasteiger partial charge on any atom is 0.459 e. The van der Waals surface area contributed by atoms with Crippen LogP contribution in [0.3, 0.4) is 0 Å². The van der Waals surface area contributed by atoms with Crippen molar-refractivity contribution in [2.75, 3.05) is 13.7 Å². The first kappa shape index (κ1) is 30.4. The number of ether oxygens (including phenoxy) is 2. The average Bonchev–Trinajstić information content (AvgIpc) is 2.82. The molecule has 2 aromatic rings. The third-order valence-electron chi connectivity index (χ3n) is 5.03. The smallest absolute Gasteiger partial charge is 0.459 e. The van der Waals surface area contributed by atoms with Crippen LogP contribution >= 0.6 is 7.75 Å². The first-order chi connectivity index (χ1) is 17.1. The Morgan fingerprint density at radius 1 is 1.22 bits per heavy atom. The van der Waals surface area contributed by atoms with Gasteiger partial charge in [0.2, 0.25) is 0 Å². The Labute approximate surface area is 211 Å². The molecule has 1 heterocycles. The topological polar surface area (TPSA) is 178 Å². The lowest BCUT2D eigenvalue weighted by molar-refractivity contribution is -0.273. The number of benzene rings is 1. The number of methoxy groups -OCH3 is 1. The van der Waals surface area contributed by atoms with Crippen LogP contribution in [0.1, 0.15) is 27.7 Å². The molecule has 0 bridgehead atoms. The lowest BCUT2D eigenvalue weighted by atomic mass is 10.0. The molecule has 0 aliphatic carbocycles. The molecule has 37 heavy (non-hydrogen) atoms. The molecule has 5 atom stereocenters. The molecule has 1 aromatic heterocycles. The number of alkyl halides is 1. The number of nitrogens with zero attached hydrogens (tertiary/aromatic N) is 1. The highest BCUT2D eigenvalue weighted by molar-refractivity contribution is 7.52. The summed E-state index contributed by atoms with van der Waals surface area (Å²) in [5, 5.41) is 23.8. The average molecular weight is 547 g/mol. The number of hydrogen-bond donors (Lipinski definition) is 4. The molecule has 0 radical (unpaired) electrons. The van der Waals surface area contributed by atoms with E-state index in [0.717, 1.165) is 26.3 Å². The van der Waals surface area contributed by atoms with Gasteiger partial charge in [-0.25, -0.2) is 13.8 Å². The van der Waals surface area contributed by atoms with Gasteiger partial charge < -0.3 is 24.2 Å². The van der Waals surface area contributed by atoms with E-state index >= 15 is 4.39 Å². The molecule has 2 unspecified atom stereocenters. The molecular formula is C22H31FN3O10P. The zero-order valence-electron chi connectivity index (χ0n) is 20.9. The SMILES string of the molecule is CO[C@](F)(COP(=O)(NC(C)C(=O)OC(C)C)Oc1ccccc1)[C@@H](O)[C@@](C)(O)n1ccc(=O)[nH]c1=O. The summed E-state index contributed by atoms with van der Waals surface area (Å²) in [7, 11) is -3.73. The Hall–Kier alpha value is -2.87. The maximum atomic E-state index is 15.8. The van der Waals surface area contributed by atoms with Gasteiger partial charge in [-0.15, -0.1) is 0 Å². The highest BCUT2D eigenvalue weighted by atomic mass is 31.2. The van der Waals surface area contributed by atoms with Gasteiger partial charge in [0.15, 0.2) is 11.8 Å². The van der Waals surface area contributed by atoms with Crippen LogP contribution in [0.15, 0.2) is 52.2 Å². The van der Waals surface area contributed by atoms with Gasteiger partial charge in [-0.05, 0) is 39.8 Å². The van der Waals surface area contributed by atoms with Crippen molar-refractivity contribution in [3.05, 3.63) is 63.4 Å². The van der Waals surface area contributed by atoms with E-state index in [9.17, 15) is 29.2 Å². The van der Waals surface area contributed by atoms with Crippen molar-refractivity contribution in [3.63, 3.8) is 0 Å². The quantitative estimate of drug-likeness (QED) is 0.208. The number of esters is 1. The van der Waals surface area contributed by atoms with Crippen LogP contribution in [0.2, 0.25) is 0 Å². The predicted octanol–water partition coefficient (Wildman–Crippen LogP) is 1.01. The third-order valence-corrected chi connectivity index (χ3v) is 6.66. The summed E-state index contributed by atoms with van der Waals surface area (Å²) >= 11 is 0. The zero-order valence-corrected chi connectivity index (χ0v) is 21.8. The van der Waals surface area contributed by atoms with E-state index < -0.39 is 61.4 Å². The fraction of sp³-hybridized carbons (Fsp3) is 0.500. The summed E-state index contributed by atoms with van der Waals surface area (Å²) in [5.41, 5.74) is -4.61. The zero-order chi connectivity index (χ0) is 28.0. The second-order valence-electron chi connectivity index (χ2n) is 8.48. The molecule has 0 fully saturated rings. The summed E-state index contributed by atoms with van der Waals surface area (Å²) < 4.78 is 50.2. The highest BCUT2D eigenvalue weighted by Crippen LogP contribution is 2.46. The number of aromatic nitrogens is 2. The number of aliphatic hydroxyl groups is 2. The van der Waals surface area contributed by atoms with Gasteiger partial charge in [-0.1, -0.05) is 18.2 Å². The maximum absolute atomic E-state index is 15.8. The molecule has 0 saturated carbocycles. The van der Waals surface area contributed by atoms with Gasteiger partial charge in [0.05, 0.1) is 6.10 Å².